The Morgan fingerprint density at radius 2 is 1.69 bits per heavy atom. The van der Waals surface area contributed by atoms with Crippen LogP contribution in [0.15, 0.2) is 72.8 Å². The van der Waals surface area contributed by atoms with Crippen molar-refractivity contribution in [2.75, 3.05) is 0 Å². The fourth-order valence-corrected chi connectivity index (χ4v) is 2.95. The zero-order chi connectivity index (χ0) is 18.5. The molecule has 1 atom stereocenters. The van der Waals surface area contributed by atoms with Crippen molar-refractivity contribution in [2.45, 2.75) is 26.4 Å². The van der Waals surface area contributed by atoms with E-state index in [4.69, 9.17) is 0 Å². The Balaban J connectivity index is 1.98. The van der Waals surface area contributed by atoms with E-state index in [1.165, 1.54) is 12.1 Å². The van der Waals surface area contributed by atoms with Gasteiger partial charge in [-0.15, -0.1) is 0 Å². The Morgan fingerprint density at radius 3 is 2.38 bits per heavy atom. The van der Waals surface area contributed by atoms with Crippen molar-refractivity contribution in [3.8, 4) is 0 Å². The van der Waals surface area contributed by atoms with E-state index in [1.54, 1.807) is 17.0 Å². The summed E-state index contributed by atoms with van der Waals surface area (Å²) in [6, 6.07) is 21.3. The van der Waals surface area contributed by atoms with Crippen LogP contribution in [-0.4, -0.2) is 15.8 Å². The topological polar surface area (TPSA) is 33.2 Å². The molecule has 0 aliphatic rings. The van der Waals surface area contributed by atoms with Gasteiger partial charge in [0.15, 0.2) is 0 Å². The van der Waals surface area contributed by atoms with Gasteiger partial charge in [-0.25, -0.2) is 4.39 Å². The van der Waals surface area contributed by atoms with E-state index in [-0.39, 0.29) is 17.5 Å². The number of aryl methyl sites for hydroxylation is 1. The molecule has 0 saturated carbocycles. The van der Waals surface area contributed by atoms with Gasteiger partial charge >= 0.3 is 0 Å². The van der Waals surface area contributed by atoms with Crippen LogP contribution in [0, 0.1) is 12.7 Å². The number of rotatable bonds is 5. The minimum Gasteiger partial charge on any atom is -0.326 e. The molecule has 0 aliphatic carbocycles. The zero-order valence-electron chi connectivity index (χ0n) is 14.9. The molecule has 0 radical (unpaired) electrons. The van der Waals surface area contributed by atoms with Gasteiger partial charge in [0, 0.05) is 5.69 Å². The molecule has 0 aliphatic heterocycles. The molecule has 1 amide bonds. The van der Waals surface area contributed by atoms with Gasteiger partial charge in [-0.05, 0) is 43.7 Å². The molecule has 2 aromatic carbocycles. The van der Waals surface area contributed by atoms with E-state index in [0.29, 0.717) is 6.54 Å². The fourth-order valence-electron chi connectivity index (χ4n) is 2.95. The minimum absolute atomic E-state index is 0.0722. The third-order valence-electron chi connectivity index (χ3n) is 4.39. The van der Waals surface area contributed by atoms with Crippen molar-refractivity contribution in [3.05, 3.63) is 101 Å². The first kappa shape index (κ1) is 17.8. The van der Waals surface area contributed by atoms with E-state index in [0.717, 1.165) is 17.0 Å². The van der Waals surface area contributed by atoms with Crippen LogP contribution in [0.2, 0.25) is 0 Å². The van der Waals surface area contributed by atoms with Crippen LogP contribution in [0.3, 0.4) is 0 Å². The molecule has 3 rings (SSSR count). The molecular weight excluding hydrogens is 327 g/mol. The molecule has 132 valence electrons. The van der Waals surface area contributed by atoms with E-state index < -0.39 is 5.82 Å². The maximum Gasteiger partial charge on any atom is 0.257 e. The average Bonchev–Trinajstić information content (AvgIpc) is 2.66. The summed E-state index contributed by atoms with van der Waals surface area (Å²) in [5, 5.41) is 0. The van der Waals surface area contributed by atoms with Gasteiger partial charge in [0.25, 0.3) is 5.91 Å². The predicted octanol–water partition coefficient (Wildman–Crippen LogP) is 4.93. The third-order valence-corrected chi connectivity index (χ3v) is 4.39. The van der Waals surface area contributed by atoms with Crippen molar-refractivity contribution >= 4 is 5.91 Å². The summed E-state index contributed by atoms with van der Waals surface area (Å²) in [6.45, 7) is 4.17. The van der Waals surface area contributed by atoms with Crippen LogP contribution in [0.4, 0.5) is 4.39 Å². The van der Waals surface area contributed by atoms with Gasteiger partial charge in [0.05, 0.1) is 23.8 Å². The lowest BCUT2D eigenvalue weighted by atomic mass is 10.0. The fraction of sp³-hybridized carbons (Fsp3) is 0.182. The van der Waals surface area contributed by atoms with Crippen molar-refractivity contribution in [1.29, 1.82) is 0 Å². The van der Waals surface area contributed by atoms with Gasteiger partial charge in [0.2, 0.25) is 0 Å². The number of hydrogen-bond acceptors (Lipinski definition) is 2. The number of benzene rings is 2. The lowest BCUT2D eigenvalue weighted by Gasteiger charge is -2.30. The summed E-state index contributed by atoms with van der Waals surface area (Å²) < 4.78 is 14.2. The maximum absolute atomic E-state index is 14.2. The molecule has 0 N–H and O–H groups in total. The monoisotopic (exact) mass is 348 g/mol. The first-order valence-corrected chi connectivity index (χ1v) is 8.59. The van der Waals surface area contributed by atoms with Crippen LogP contribution in [-0.2, 0) is 6.54 Å². The number of amides is 1. The normalized spacial score (nSPS) is 11.8. The molecule has 0 saturated heterocycles. The molecule has 0 spiro atoms. The second-order valence-electron chi connectivity index (χ2n) is 6.27. The summed E-state index contributed by atoms with van der Waals surface area (Å²) in [6.07, 6.45) is 0. The lowest BCUT2D eigenvalue weighted by molar-refractivity contribution is 0.0666. The first-order chi connectivity index (χ1) is 12.6. The number of carbonyl (C=O) groups is 1. The number of nitrogens with zero attached hydrogens (tertiary/aromatic N) is 2. The Hall–Kier alpha value is -3.01. The largest absolute Gasteiger partial charge is 0.326 e. The number of aromatic nitrogens is 1. The summed E-state index contributed by atoms with van der Waals surface area (Å²) in [5.41, 5.74) is 2.72. The summed E-state index contributed by atoms with van der Waals surface area (Å²) in [7, 11) is 0. The highest BCUT2D eigenvalue weighted by Gasteiger charge is 2.25. The smallest absolute Gasteiger partial charge is 0.257 e. The lowest BCUT2D eigenvalue weighted by Crippen LogP contribution is -2.34. The highest BCUT2D eigenvalue weighted by molar-refractivity contribution is 5.94. The van der Waals surface area contributed by atoms with Gasteiger partial charge in [-0.1, -0.05) is 48.5 Å². The molecule has 1 heterocycles. The number of halogens is 1. The second-order valence-corrected chi connectivity index (χ2v) is 6.27. The second kappa shape index (κ2) is 7.91. The van der Waals surface area contributed by atoms with Gasteiger partial charge in [-0.3, -0.25) is 9.78 Å². The number of pyridine rings is 1. The van der Waals surface area contributed by atoms with Crippen LogP contribution in [0.25, 0.3) is 0 Å². The van der Waals surface area contributed by atoms with Crippen LogP contribution in [0.5, 0.6) is 0 Å². The highest BCUT2D eigenvalue weighted by atomic mass is 19.1. The molecule has 0 fully saturated rings. The molecular formula is C22H21FN2O. The van der Waals surface area contributed by atoms with Crippen molar-refractivity contribution in [2.24, 2.45) is 0 Å². The summed E-state index contributed by atoms with van der Waals surface area (Å²) in [4.78, 5) is 19.3. The molecule has 0 bridgehead atoms. The molecule has 1 aromatic heterocycles. The quantitative estimate of drug-likeness (QED) is 0.655. The number of carbonyl (C=O) groups excluding carboxylic acids is 1. The van der Waals surface area contributed by atoms with Crippen LogP contribution in [0.1, 0.15) is 40.3 Å². The van der Waals surface area contributed by atoms with Gasteiger partial charge < -0.3 is 4.90 Å². The highest BCUT2D eigenvalue weighted by Crippen LogP contribution is 2.25. The van der Waals surface area contributed by atoms with Crippen molar-refractivity contribution < 1.29 is 9.18 Å². The molecule has 3 nitrogen and oxygen atoms in total. The van der Waals surface area contributed by atoms with Crippen molar-refractivity contribution in [1.82, 2.24) is 9.88 Å². The first-order valence-electron chi connectivity index (χ1n) is 8.59. The van der Waals surface area contributed by atoms with E-state index in [9.17, 15) is 9.18 Å². The van der Waals surface area contributed by atoms with Crippen LogP contribution >= 0.6 is 0 Å². The Morgan fingerprint density at radius 1 is 1.00 bits per heavy atom. The SMILES string of the molecule is Cc1cccc(CN(C(=O)c2ccccc2F)C(C)c2ccccc2)n1. The van der Waals surface area contributed by atoms with Gasteiger partial charge in [-0.2, -0.15) is 0 Å². The Labute approximate surface area is 153 Å². The standard InChI is InChI=1S/C22H21FN2O/c1-16-9-8-12-19(24-16)15-25(17(2)18-10-4-3-5-11-18)22(26)20-13-6-7-14-21(20)23/h3-14,17H,15H2,1-2H3. The van der Waals surface area contributed by atoms with E-state index in [2.05, 4.69) is 4.98 Å². The summed E-state index contributed by atoms with van der Waals surface area (Å²) >= 11 is 0. The minimum atomic E-state index is -0.514. The molecule has 26 heavy (non-hydrogen) atoms. The van der Waals surface area contributed by atoms with Crippen LogP contribution < -0.4 is 0 Å². The Kier molecular flexibility index (Phi) is 5.42. The maximum atomic E-state index is 14.2. The zero-order valence-corrected chi connectivity index (χ0v) is 14.9. The van der Waals surface area contributed by atoms with Gasteiger partial charge in [0.1, 0.15) is 5.82 Å². The predicted molar refractivity (Wildman–Crippen MR) is 100 cm³/mol. The average molecular weight is 348 g/mol. The van der Waals surface area contributed by atoms with E-state index >= 15 is 0 Å². The summed E-state index contributed by atoms with van der Waals surface area (Å²) in [5.74, 6) is -0.859. The molecule has 3 aromatic rings. The third kappa shape index (κ3) is 3.97. The Bertz CT molecular complexity index is 895. The van der Waals surface area contributed by atoms with Crippen molar-refractivity contribution in [3.63, 3.8) is 0 Å². The van der Waals surface area contributed by atoms with E-state index in [1.807, 2.05) is 62.4 Å². The number of hydrogen-bond donors (Lipinski definition) is 0. The molecule has 1 unspecified atom stereocenters. The molecule has 4 heteroatoms.